The number of nitrogens with one attached hydrogen (secondary N) is 6. The van der Waals surface area contributed by atoms with Crippen molar-refractivity contribution in [3.8, 4) is 5.75 Å². The lowest BCUT2D eigenvalue weighted by Gasteiger charge is -2.30. The molecule has 0 fully saturated rings. The second kappa shape index (κ2) is 29.5. The first-order valence-corrected chi connectivity index (χ1v) is 21.7. The zero-order valence-electron chi connectivity index (χ0n) is 37.4. The monoisotopic (exact) mass is 906 g/mol. The number of nitrogens with two attached hydrogens (primary N) is 5. The van der Waals surface area contributed by atoms with E-state index in [2.05, 4.69) is 31.9 Å². The summed E-state index contributed by atoms with van der Waals surface area (Å²) in [5.41, 5.74) is 28.7. The maximum atomic E-state index is 14.0. The zero-order valence-corrected chi connectivity index (χ0v) is 37.4. The van der Waals surface area contributed by atoms with Gasteiger partial charge in [-0.15, -0.1) is 0 Å². The average molecular weight is 906 g/mol. The largest absolute Gasteiger partial charge is 0.508 e. The van der Waals surface area contributed by atoms with Crippen LogP contribution in [0.4, 0.5) is 0 Å². The SMILES string of the molecule is CC[C@H](C)[C@H](NC(=O)[C@@H](N)Cc1ccc(O)cc1)C(=O)N[C@@H](CCCCN)C(=O)N[C@H](C(=O)N[C@@H](CCC(N)=O)C(=O)N[C@@H](CCCCN)C(=O)N[C@@H](CCC(N)=O)C(=O)O)C(C)C. The molecule has 8 atom stereocenters. The number of carbonyl (C=O) groups is 9. The molecule has 0 aliphatic heterocycles. The predicted octanol–water partition coefficient (Wildman–Crippen LogP) is -2.25. The van der Waals surface area contributed by atoms with Gasteiger partial charge in [0.25, 0.3) is 0 Å². The predicted molar refractivity (Wildman–Crippen MR) is 236 cm³/mol. The zero-order chi connectivity index (χ0) is 48.5. The summed E-state index contributed by atoms with van der Waals surface area (Å²) in [6.07, 6.45) is 1.01. The van der Waals surface area contributed by atoms with Crippen LogP contribution >= 0.6 is 0 Å². The van der Waals surface area contributed by atoms with E-state index in [9.17, 15) is 53.4 Å². The van der Waals surface area contributed by atoms with Crippen molar-refractivity contribution >= 4 is 53.2 Å². The highest BCUT2D eigenvalue weighted by atomic mass is 16.4. The number of hydrogen-bond acceptors (Lipinski definition) is 13. The van der Waals surface area contributed by atoms with Crippen molar-refractivity contribution in [3.63, 3.8) is 0 Å². The minimum absolute atomic E-state index is 0.00351. The van der Waals surface area contributed by atoms with Gasteiger partial charge in [-0.3, -0.25) is 38.4 Å². The van der Waals surface area contributed by atoms with Crippen molar-refractivity contribution < 1.29 is 53.4 Å². The highest BCUT2D eigenvalue weighted by Crippen LogP contribution is 2.14. The molecule has 0 spiro atoms. The first-order chi connectivity index (χ1) is 30.1. The number of aliphatic carboxylic acids is 1. The highest BCUT2D eigenvalue weighted by Gasteiger charge is 2.35. The standard InChI is InChI=1S/C42H71N11O11/c1-5-24(4)35(53-36(57)27(45)22-25-12-14-26(54)15-13-25)41(62)49-29(11-7-9-21-44)39(60)52-34(23(2)3)40(61)50-30(16-18-32(46)55)38(59)48-28(10-6-8-20-43)37(58)51-31(42(63)64)17-19-33(47)56/h12-15,23-24,27-31,34-35,54H,5-11,16-22,43-45H2,1-4H3,(H2,46,55)(H2,47,56)(H,48,59)(H,49,62)(H,50,61)(H,51,58)(H,52,60)(H,53,57)(H,63,64)/t24-,27-,28-,29-,30-,31-,34-,35-/m0/s1. The Bertz CT molecular complexity index is 1710. The maximum absolute atomic E-state index is 14.0. The molecule has 0 aliphatic rings. The van der Waals surface area contributed by atoms with Crippen LogP contribution in [0.25, 0.3) is 0 Å². The number of amides is 8. The fourth-order valence-corrected chi connectivity index (χ4v) is 6.42. The molecule has 22 heteroatoms. The van der Waals surface area contributed by atoms with Crippen LogP contribution in [-0.2, 0) is 49.6 Å². The molecule has 1 aromatic carbocycles. The number of carboxylic acids is 1. The Morgan fingerprint density at radius 3 is 1.41 bits per heavy atom. The van der Waals surface area contributed by atoms with Crippen LogP contribution in [0.3, 0.4) is 0 Å². The third-order valence-electron chi connectivity index (χ3n) is 10.5. The van der Waals surface area contributed by atoms with E-state index >= 15 is 0 Å². The molecular weight excluding hydrogens is 835 g/mol. The van der Waals surface area contributed by atoms with E-state index in [4.69, 9.17) is 28.7 Å². The minimum atomic E-state index is -1.51. The van der Waals surface area contributed by atoms with E-state index in [-0.39, 0.29) is 57.2 Å². The summed E-state index contributed by atoms with van der Waals surface area (Å²) >= 11 is 0. The third-order valence-corrected chi connectivity index (χ3v) is 10.5. The lowest BCUT2D eigenvalue weighted by Crippen LogP contribution is -2.61. The van der Waals surface area contributed by atoms with Gasteiger partial charge in [0.15, 0.2) is 0 Å². The van der Waals surface area contributed by atoms with Gasteiger partial charge in [-0.05, 0) is 100 Å². The number of rotatable bonds is 32. The number of aromatic hydroxyl groups is 1. The maximum Gasteiger partial charge on any atom is 0.326 e. The fraction of sp³-hybridized carbons (Fsp3) is 0.643. The fourth-order valence-electron chi connectivity index (χ4n) is 6.42. The van der Waals surface area contributed by atoms with Gasteiger partial charge in [0, 0.05) is 12.8 Å². The van der Waals surface area contributed by atoms with Crippen LogP contribution in [-0.4, -0.2) is 119 Å². The lowest BCUT2D eigenvalue weighted by atomic mass is 9.96. The topological polar surface area (TPSA) is 396 Å². The van der Waals surface area contributed by atoms with Crippen molar-refractivity contribution in [2.45, 2.75) is 147 Å². The molecule has 360 valence electrons. The minimum Gasteiger partial charge on any atom is -0.508 e. The van der Waals surface area contributed by atoms with Crippen LogP contribution in [0.2, 0.25) is 0 Å². The molecule has 8 amide bonds. The van der Waals surface area contributed by atoms with Crippen LogP contribution in [0.15, 0.2) is 24.3 Å². The molecule has 64 heavy (non-hydrogen) atoms. The second-order valence-corrected chi connectivity index (χ2v) is 16.2. The Morgan fingerprint density at radius 1 is 0.562 bits per heavy atom. The molecule has 0 unspecified atom stereocenters. The first kappa shape index (κ1) is 56.1. The summed E-state index contributed by atoms with van der Waals surface area (Å²) in [4.78, 5) is 117. The first-order valence-electron chi connectivity index (χ1n) is 21.7. The van der Waals surface area contributed by atoms with Crippen molar-refractivity contribution in [2.24, 2.45) is 40.5 Å². The number of benzene rings is 1. The Morgan fingerprint density at radius 2 is 0.969 bits per heavy atom. The van der Waals surface area contributed by atoms with Gasteiger partial charge in [0.1, 0.15) is 42.0 Å². The van der Waals surface area contributed by atoms with Gasteiger partial charge in [-0.25, -0.2) is 4.79 Å². The van der Waals surface area contributed by atoms with Crippen LogP contribution in [0.1, 0.15) is 104 Å². The summed E-state index contributed by atoms with van der Waals surface area (Å²) in [6.45, 7) is 7.36. The van der Waals surface area contributed by atoms with E-state index in [1.54, 1.807) is 32.9 Å². The van der Waals surface area contributed by atoms with E-state index in [1.165, 1.54) is 12.1 Å². The summed E-state index contributed by atoms with van der Waals surface area (Å²) in [6, 6.07) is -2.83. The smallest absolute Gasteiger partial charge is 0.326 e. The van der Waals surface area contributed by atoms with Gasteiger partial charge < -0.3 is 70.8 Å². The van der Waals surface area contributed by atoms with E-state index in [1.807, 2.05) is 6.92 Å². The number of phenols is 1. The molecule has 22 nitrogen and oxygen atoms in total. The number of primary amides is 2. The quantitative estimate of drug-likeness (QED) is 0.0340. The Hall–Kier alpha value is -5.87. The molecule has 0 heterocycles. The lowest BCUT2D eigenvalue weighted by molar-refractivity contribution is -0.142. The van der Waals surface area contributed by atoms with Gasteiger partial charge in [-0.2, -0.15) is 0 Å². The van der Waals surface area contributed by atoms with Gasteiger partial charge in [0.05, 0.1) is 6.04 Å². The molecule has 0 bridgehead atoms. The molecular formula is C42H71N11O11. The number of unbranched alkanes of at least 4 members (excludes halogenated alkanes) is 2. The van der Waals surface area contributed by atoms with Crippen LogP contribution < -0.4 is 60.6 Å². The number of hydrogen-bond donors (Lipinski definition) is 13. The van der Waals surface area contributed by atoms with Crippen molar-refractivity contribution in [1.82, 2.24) is 31.9 Å². The molecule has 1 rings (SSSR count). The van der Waals surface area contributed by atoms with Crippen LogP contribution in [0.5, 0.6) is 5.75 Å². The van der Waals surface area contributed by atoms with E-state index < -0.39 is 107 Å². The summed E-state index contributed by atoms with van der Waals surface area (Å²) in [7, 11) is 0. The number of carboxylic acid groups (broad SMARTS) is 1. The number of phenolic OH excluding ortho intramolecular Hbond substituents is 1. The Labute approximate surface area is 374 Å². The third kappa shape index (κ3) is 21.0. The van der Waals surface area contributed by atoms with Gasteiger partial charge >= 0.3 is 5.97 Å². The van der Waals surface area contributed by atoms with E-state index in [0.717, 1.165) is 0 Å². The molecule has 0 aromatic heterocycles. The average Bonchev–Trinajstić information content (AvgIpc) is 3.23. The van der Waals surface area contributed by atoms with Gasteiger partial charge in [0.2, 0.25) is 47.3 Å². The molecule has 0 saturated carbocycles. The second-order valence-electron chi connectivity index (χ2n) is 16.2. The summed E-state index contributed by atoms with van der Waals surface area (Å²) in [5, 5.41) is 34.7. The Balaban J connectivity index is 3.34. The highest BCUT2D eigenvalue weighted by molar-refractivity contribution is 5.97. The van der Waals surface area contributed by atoms with Gasteiger partial charge in [-0.1, -0.05) is 46.2 Å². The van der Waals surface area contributed by atoms with Crippen LogP contribution in [0, 0.1) is 11.8 Å². The normalized spacial score (nSPS) is 14.9. The van der Waals surface area contributed by atoms with Crippen molar-refractivity contribution in [2.75, 3.05) is 13.1 Å². The molecule has 18 N–H and O–H groups in total. The molecule has 0 aliphatic carbocycles. The van der Waals surface area contributed by atoms with Crippen molar-refractivity contribution in [1.29, 1.82) is 0 Å². The molecule has 1 aromatic rings. The molecule has 0 radical (unpaired) electrons. The van der Waals surface area contributed by atoms with Crippen molar-refractivity contribution in [3.05, 3.63) is 29.8 Å². The molecule has 0 saturated heterocycles. The number of carbonyl (C=O) groups excluding carboxylic acids is 8. The summed E-state index contributed by atoms with van der Waals surface area (Å²) < 4.78 is 0. The van der Waals surface area contributed by atoms with E-state index in [0.29, 0.717) is 44.2 Å². The summed E-state index contributed by atoms with van der Waals surface area (Å²) in [5.74, 6) is -8.71. The Kier molecular flexibility index (Phi) is 25.9.